The van der Waals surface area contributed by atoms with Crippen LogP contribution in [0.4, 0.5) is 11.5 Å². The van der Waals surface area contributed by atoms with E-state index in [0.717, 1.165) is 49.7 Å². The molecule has 1 aromatic heterocycles. The molecule has 154 valence electrons. The molecule has 0 spiro atoms. The molecule has 0 aliphatic carbocycles. The van der Waals surface area contributed by atoms with Gasteiger partial charge in [0, 0.05) is 51.0 Å². The first kappa shape index (κ1) is 20.8. The van der Waals surface area contributed by atoms with Crippen LogP contribution >= 0.6 is 0 Å². The first-order chi connectivity index (χ1) is 14.1. The lowest BCUT2D eigenvalue weighted by atomic mass is 10.2. The van der Waals surface area contributed by atoms with Crippen molar-refractivity contribution in [1.29, 1.82) is 0 Å². The maximum atomic E-state index is 12.3. The van der Waals surface area contributed by atoms with Gasteiger partial charge in [0.2, 0.25) is 11.8 Å². The zero-order valence-corrected chi connectivity index (χ0v) is 16.9. The van der Waals surface area contributed by atoms with Crippen LogP contribution in [-0.4, -0.2) is 54.4 Å². The second-order valence-corrected chi connectivity index (χ2v) is 7.22. The standard InChI is InChI=1S/C22H29N5O2/c1-2-5-21(28)25-19-9-7-18(8-10-19)16-24-22(29)17-26-12-14-27(15-13-26)20-6-3-4-11-23-20/h3-4,6-11H,2,5,12-17H2,1H3,(H,24,29)(H,25,28). The van der Waals surface area contributed by atoms with Gasteiger partial charge < -0.3 is 15.5 Å². The molecular formula is C22H29N5O2. The second kappa shape index (κ2) is 10.6. The highest BCUT2D eigenvalue weighted by atomic mass is 16.2. The van der Waals surface area contributed by atoms with Gasteiger partial charge in [0.15, 0.2) is 0 Å². The largest absolute Gasteiger partial charge is 0.354 e. The lowest BCUT2D eigenvalue weighted by Gasteiger charge is -2.34. The number of nitrogens with zero attached hydrogens (tertiary/aromatic N) is 3. The van der Waals surface area contributed by atoms with Crippen molar-refractivity contribution in [3.8, 4) is 0 Å². The van der Waals surface area contributed by atoms with E-state index in [0.29, 0.717) is 19.5 Å². The summed E-state index contributed by atoms with van der Waals surface area (Å²) in [6.45, 7) is 6.29. The summed E-state index contributed by atoms with van der Waals surface area (Å²) in [6.07, 6.45) is 3.16. The molecule has 1 saturated heterocycles. The van der Waals surface area contributed by atoms with Gasteiger partial charge in [-0.15, -0.1) is 0 Å². The zero-order valence-electron chi connectivity index (χ0n) is 16.9. The molecule has 0 saturated carbocycles. The molecule has 0 unspecified atom stereocenters. The average molecular weight is 396 g/mol. The summed E-state index contributed by atoms with van der Waals surface area (Å²) in [7, 11) is 0. The lowest BCUT2D eigenvalue weighted by molar-refractivity contribution is -0.122. The van der Waals surface area contributed by atoms with Crippen LogP contribution in [0, 0.1) is 0 Å². The number of amides is 2. The third kappa shape index (κ3) is 6.57. The minimum Gasteiger partial charge on any atom is -0.354 e. The molecule has 7 nitrogen and oxygen atoms in total. The van der Waals surface area contributed by atoms with E-state index in [-0.39, 0.29) is 11.8 Å². The van der Waals surface area contributed by atoms with Crippen LogP contribution in [0.3, 0.4) is 0 Å². The fraction of sp³-hybridized carbons (Fsp3) is 0.409. The van der Waals surface area contributed by atoms with Crippen molar-refractivity contribution in [1.82, 2.24) is 15.2 Å². The van der Waals surface area contributed by atoms with E-state index in [1.807, 2.05) is 49.4 Å². The van der Waals surface area contributed by atoms with Crippen molar-refractivity contribution < 1.29 is 9.59 Å². The predicted octanol–water partition coefficient (Wildman–Crippen LogP) is 2.26. The third-order valence-electron chi connectivity index (χ3n) is 4.92. The van der Waals surface area contributed by atoms with Crippen molar-refractivity contribution in [2.45, 2.75) is 26.3 Å². The van der Waals surface area contributed by atoms with E-state index in [9.17, 15) is 9.59 Å². The number of carbonyl (C=O) groups excluding carboxylic acids is 2. The Labute approximate surface area is 172 Å². The fourth-order valence-corrected chi connectivity index (χ4v) is 3.29. The number of nitrogens with one attached hydrogen (secondary N) is 2. The Kier molecular flexibility index (Phi) is 7.58. The molecule has 2 amide bonds. The van der Waals surface area contributed by atoms with Crippen molar-refractivity contribution in [2.24, 2.45) is 0 Å². The number of benzene rings is 1. The first-order valence-electron chi connectivity index (χ1n) is 10.2. The topological polar surface area (TPSA) is 77.6 Å². The zero-order chi connectivity index (χ0) is 20.5. The maximum absolute atomic E-state index is 12.3. The molecule has 2 heterocycles. The fourth-order valence-electron chi connectivity index (χ4n) is 3.29. The SMILES string of the molecule is CCCC(=O)Nc1ccc(CNC(=O)CN2CCN(c3ccccn3)CC2)cc1. The molecule has 1 aliphatic heterocycles. The number of aromatic nitrogens is 1. The second-order valence-electron chi connectivity index (χ2n) is 7.22. The van der Waals surface area contributed by atoms with Crippen LogP contribution in [0.1, 0.15) is 25.3 Å². The van der Waals surface area contributed by atoms with Gasteiger partial charge in [0.05, 0.1) is 6.54 Å². The summed E-state index contributed by atoms with van der Waals surface area (Å²) < 4.78 is 0. The van der Waals surface area contributed by atoms with Crippen molar-refractivity contribution in [3.05, 3.63) is 54.2 Å². The lowest BCUT2D eigenvalue weighted by Crippen LogP contribution is -2.49. The number of rotatable bonds is 8. The Balaban J connectivity index is 1.37. The molecule has 0 bridgehead atoms. The Bertz CT molecular complexity index is 787. The number of pyridine rings is 1. The highest BCUT2D eigenvalue weighted by Gasteiger charge is 2.19. The third-order valence-corrected chi connectivity index (χ3v) is 4.92. The number of piperazine rings is 1. The number of hydrogen-bond acceptors (Lipinski definition) is 5. The minimum absolute atomic E-state index is 0.0246. The molecule has 1 aliphatic rings. The quantitative estimate of drug-likeness (QED) is 0.717. The first-order valence-corrected chi connectivity index (χ1v) is 10.2. The molecule has 0 radical (unpaired) electrons. The maximum Gasteiger partial charge on any atom is 0.234 e. The highest BCUT2D eigenvalue weighted by Crippen LogP contribution is 2.13. The molecule has 1 aromatic carbocycles. The van der Waals surface area contributed by atoms with Gasteiger partial charge in [-0.25, -0.2) is 4.98 Å². The van der Waals surface area contributed by atoms with Gasteiger partial charge in [-0.1, -0.05) is 25.1 Å². The van der Waals surface area contributed by atoms with Gasteiger partial charge in [-0.3, -0.25) is 14.5 Å². The van der Waals surface area contributed by atoms with E-state index < -0.39 is 0 Å². The summed E-state index contributed by atoms with van der Waals surface area (Å²) in [5, 5.41) is 5.84. The predicted molar refractivity (Wildman–Crippen MR) is 115 cm³/mol. The molecular weight excluding hydrogens is 366 g/mol. The van der Waals surface area contributed by atoms with E-state index >= 15 is 0 Å². The number of carbonyl (C=O) groups is 2. The van der Waals surface area contributed by atoms with Gasteiger partial charge in [-0.2, -0.15) is 0 Å². The van der Waals surface area contributed by atoms with E-state index in [1.165, 1.54) is 0 Å². The Morgan fingerprint density at radius 1 is 1.00 bits per heavy atom. The summed E-state index contributed by atoms with van der Waals surface area (Å²) in [5.41, 5.74) is 1.79. The van der Waals surface area contributed by atoms with Crippen molar-refractivity contribution in [2.75, 3.05) is 42.9 Å². The Morgan fingerprint density at radius 3 is 2.41 bits per heavy atom. The molecule has 2 N–H and O–H groups in total. The average Bonchev–Trinajstić information content (AvgIpc) is 2.75. The number of hydrogen-bond donors (Lipinski definition) is 2. The molecule has 2 aromatic rings. The molecule has 7 heteroatoms. The highest BCUT2D eigenvalue weighted by molar-refractivity contribution is 5.90. The van der Waals surface area contributed by atoms with Gasteiger partial charge in [0.1, 0.15) is 5.82 Å². The normalized spacial score (nSPS) is 14.4. The Hall–Kier alpha value is -2.93. The Morgan fingerprint density at radius 2 is 1.76 bits per heavy atom. The molecule has 29 heavy (non-hydrogen) atoms. The summed E-state index contributed by atoms with van der Waals surface area (Å²) in [4.78, 5) is 32.7. The van der Waals surface area contributed by atoms with Crippen LogP contribution in [0.15, 0.2) is 48.7 Å². The van der Waals surface area contributed by atoms with Crippen LogP contribution in [-0.2, 0) is 16.1 Å². The van der Waals surface area contributed by atoms with E-state index in [4.69, 9.17) is 0 Å². The smallest absolute Gasteiger partial charge is 0.234 e. The van der Waals surface area contributed by atoms with Crippen LogP contribution < -0.4 is 15.5 Å². The van der Waals surface area contributed by atoms with Gasteiger partial charge in [0.25, 0.3) is 0 Å². The molecule has 1 fully saturated rings. The van der Waals surface area contributed by atoms with Gasteiger partial charge >= 0.3 is 0 Å². The summed E-state index contributed by atoms with van der Waals surface area (Å²) in [6, 6.07) is 13.5. The van der Waals surface area contributed by atoms with Crippen molar-refractivity contribution in [3.63, 3.8) is 0 Å². The molecule has 0 atom stereocenters. The van der Waals surface area contributed by atoms with E-state index in [2.05, 4.69) is 25.4 Å². The van der Waals surface area contributed by atoms with Crippen LogP contribution in [0.5, 0.6) is 0 Å². The summed E-state index contributed by atoms with van der Waals surface area (Å²) in [5.74, 6) is 1.04. The van der Waals surface area contributed by atoms with E-state index in [1.54, 1.807) is 6.20 Å². The van der Waals surface area contributed by atoms with Crippen molar-refractivity contribution >= 4 is 23.3 Å². The molecule has 3 rings (SSSR count). The van der Waals surface area contributed by atoms with Crippen LogP contribution in [0.2, 0.25) is 0 Å². The monoisotopic (exact) mass is 395 g/mol. The summed E-state index contributed by atoms with van der Waals surface area (Å²) >= 11 is 0. The minimum atomic E-state index is 0.0246. The van der Waals surface area contributed by atoms with Gasteiger partial charge in [-0.05, 0) is 36.2 Å². The van der Waals surface area contributed by atoms with Crippen LogP contribution in [0.25, 0.3) is 0 Å². The number of anilines is 2.